The molecule has 0 unspecified atom stereocenters. The number of benzene rings is 1. The number of hydrogen-bond acceptors (Lipinski definition) is 3. The summed E-state index contributed by atoms with van der Waals surface area (Å²) in [5, 5.41) is 3.85. The van der Waals surface area contributed by atoms with Gasteiger partial charge in [-0.05, 0) is 18.6 Å². The number of fused-ring (bicyclic) bond motifs is 1. The smallest absolute Gasteiger partial charge is 0.241 e. The Morgan fingerprint density at radius 3 is 2.67 bits per heavy atom. The maximum Gasteiger partial charge on any atom is 0.241 e. The van der Waals surface area contributed by atoms with E-state index >= 15 is 0 Å². The topological polar surface area (TPSA) is 47.8 Å². The summed E-state index contributed by atoms with van der Waals surface area (Å²) < 4.78 is 53.1. The lowest BCUT2D eigenvalue weighted by Gasteiger charge is -2.14. The number of alkyl halides is 1. The predicted molar refractivity (Wildman–Crippen MR) is 69.9 cm³/mol. The summed E-state index contributed by atoms with van der Waals surface area (Å²) in [6, 6.07) is 1.90. The van der Waals surface area contributed by atoms with Crippen molar-refractivity contribution in [1.29, 1.82) is 0 Å². The second-order valence-corrected chi connectivity index (χ2v) is 6.21. The largest absolute Gasteiger partial charge is 0.248 e. The van der Waals surface area contributed by atoms with E-state index in [2.05, 4.69) is 10.1 Å². The molecule has 1 aromatic heterocycles. The molecule has 0 radical (unpaired) electrons. The molecule has 2 aromatic rings. The molecule has 0 saturated heterocycles. The summed E-state index contributed by atoms with van der Waals surface area (Å²) in [7, 11) is -1.94. The Morgan fingerprint density at radius 1 is 1.38 bits per heavy atom. The first kappa shape index (κ1) is 14.2. The van der Waals surface area contributed by atoms with Crippen molar-refractivity contribution >= 4 is 10.8 Å². The van der Waals surface area contributed by atoms with Crippen LogP contribution < -0.4 is 0 Å². The molecule has 0 fully saturated rings. The fourth-order valence-electron chi connectivity index (χ4n) is 2.63. The predicted octanol–water partition coefficient (Wildman–Crippen LogP) is 2.69. The molecular formula is C13H12F3N3OS. The van der Waals surface area contributed by atoms with E-state index in [1.807, 2.05) is 6.92 Å². The number of aromatic nitrogens is 3. The lowest BCUT2D eigenvalue weighted by Crippen LogP contribution is -2.12. The molecule has 0 amide bonds. The highest BCUT2D eigenvalue weighted by Gasteiger charge is 2.36. The van der Waals surface area contributed by atoms with Crippen LogP contribution in [0.5, 0.6) is 0 Å². The third-order valence-corrected chi connectivity index (χ3v) is 4.37. The zero-order valence-electron chi connectivity index (χ0n) is 11.1. The van der Waals surface area contributed by atoms with Gasteiger partial charge in [0.05, 0.1) is 6.04 Å². The highest BCUT2D eigenvalue weighted by molar-refractivity contribution is 7.84. The first-order valence-corrected chi connectivity index (χ1v) is 7.69. The first-order chi connectivity index (χ1) is 10.0. The van der Waals surface area contributed by atoms with E-state index < -0.39 is 34.5 Å². The van der Waals surface area contributed by atoms with Crippen molar-refractivity contribution in [2.75, 3.05) is 6.01 Å². The minimum Gasteiger partial charge on any atom is -0.248 e. The van der Waals surface area contributed by atoms with Crippen LogP contribution in [0, 0.1) is 11.6 Å². The van der Waals surface area contributed by atoms with Gasteiger partial charge < -0.3 is 0 Å². The van der Waals surface area contributed by atoms with Gasteiger partial charge in [-0.3, -0.25) is 0 Å². The van der Waals surface area contributed by atoms with Gasteiger partial charge in [-0.1, -0.05) is 13.0 Å². The Morgan fingerprint density at radius 2 is 2.05 bits per heavy atom. The average Bonchev–Trinajstić information content (AvgIpc) is 3.00. The van der Waals surface area contributed by atoms with Crippen LogP contribution in [-0.2, 0) is 10.8 Å². The summed E-state index contributed by atoms with van der Waals surface area (Å²) in [4.78, 5) is 4.04. The van der Waals surface area contributed by atoms with Crippen molar-refractivity contribution in [3.63, 3.8) is 0 Å². The zero-order chi connectivity index (χ0) is 15.1. The van der Waals surface area contributed by atoms with Gasteiger partial charge in [-0.15, -0.1) is 5.10 Å². The van der Waals surface area contributed by atoms with Gasteiger partial charge >= 0.3 is 0 Å². The van der Waals surface area contributed by atoms with Crippen molar-refractivity contribution in [2.24, 2.45) is 0 Å². The number of nitrogens with zero attached hydrogens (tertiary/aromatic N) is 3. The van der Waals surface area contributed by atoms with E-state index in [4.69, 9.17) is 0 Å². The quantitative estimate of drug-likeness (QED) is 0.875. The maximum absolute atomic E-state index is 13.9. The molecule has 2 heterocycles. The van der Waals surface area contributed by atoms with Gasteiger partial charge in [0.15, 0.2) is 6.01 Å². The van der Waals surface area contributed by atoms with E-state index in [1.165, 1.54) is 22.9 Å². The Bertz CT molecular complexity index is 698. The van der Waals surface area contributed by atoms with Gasteiger partial charge in [0.1, 0.15) is 28.3 Å². The highest BCUT2D eigenvalue weighted by Crippen LogP contribution is 2.40. The number of halogens is 3. The molecule has 3 rings (SSSR count). The molecule has 1 aliphatic heterocycles. The zero-order valence-corrected chi connectivity index (χ0v) is 11.9. The van der Waals surface area contributed by atoms with Crippen LogP contribution in [0.2, 0.25) is 0 Å². The van der Waals surface area contributed by atoms with E-state index in [9.17, 15) is 17.4 Å². The Balaban J connectivity index is 2.09. The second-order valence-electron chi connectivity index (χ2n) is 4.94. The Labute approximate surface area is 121 Å². The van der Waals surface area contributed by atoms with Crippen LogP contribution in [0.1, 0.15) is 36.7 Å². The van der Waals surface area contributed by atoms with Crippen LogP contribution in [-0.4, -0.2) is 25.0 Å². The van der Waals surface area contributed by atoms with Gasteiger partial charge in [0, 0.05) is 11.5 Å². The van der Waals surface area contributed by atoms with Crippen molar-refractivity contribution in [3.05, 3.63) is 41.2 Å². The number of rotatable bonds is 3. The average molecular weight is 315 g/mol. The van der Waals surface area contributed by atoms with Gasteiger partial charge in [-0.2, -0.15) is 0 Å². The molecule has 0 spiro atoms. The van der Waals surface area contributed by atoms with Crippen LogP contribution in [0.15, 0.2) is 23.4 Å². The second kappa shape index (κ2) is 5.25. The summed E-state index contributed by atoms with van der Waals surface area (Å²) in [5.74, 6) is -0.959. The molecule has 4 nitrogen and oxygen atoms in total. The van der Waals surface area contributed by atoms with Crippen molar-refractivity contribution in [1.82, 2.24) is 14.8 Å². The molecule has 0 aliphatic carbocycles. The molecular weight excluding hydrogens is 303 g/mol. The molecule has 8 heteroatoms. The summed E-state index contributed by atoms with van der Waals surface area (Å²) in [6.07, 6.45) is 0.440. The fourth-order valence-corrected chi connectivity index (χ4v) is 3.11. The van der Waals surface area contributed by atoms with E-state index in [0.717, 1.165) is 0 Å². The van der Waals surface area contributed by atoms with E-state index in [0.29, 0.717) is 12.2 Å². The SMILES string of the molecule is C[C@H]1C[C@@H](c2c(F)cccc2F)n2nc([S@](=O)CF)nc21. The molecule has 0 N–H and O–H groups in total. The van der Waals surface area contributed by atoms with Crippen molar-refractivity contribution in [2.45, 2.75) is 30.5 Å². The minimum atomic E-state index is -1.94. The normalized spacial score (nSPS) is 22.3. The summed E-state index contributed by atoms with van der Waals surface area (Å²) in [5.41, 5.74) is -0.0921. The molecule has 21 heavy (non-hydrogen) atoms. The molecule has 1 aliphatic rings. The van der Waals surface area contributed by atoms with Crippen LogP contribution >= 0.6 is 0 Å². The van der Waals surface area contributed by atoms with Crippen LogP contribution in [0.25, 0.3) is 0 Å². The van der Waals surface area contributed by atoms with E-state index in [1.54, 1.807) is 0 Å². The number of hydrogen-bond donors (Lipinski definition) is 0. The highest BCUT2D eigenvalue weighted by atomic mass is 32.2. The fraction of sp³-hybridized carbons (Fsp3) is 0.385. The molecule has 0 saturated carbocycles. The third kappa shape index (κ3) is 2.27. The Hall–Kier alpha value is -1.70. The lowest BCUT2D eigenvalue weighted by atomic mass is 9.99. The molecule has 3 atom stereocenters. The van der Waals surface area contributed by atoms with Crippen molar-refractivity contribution in [3.8, 4) is 0 Å². The molecule has 112 valence electrons. The lowest BCUT2D eigenvalue weighted by molar-refractivity contribution is 0.463. The Kier molecular flexibility index (Phi) is 3.56. The monoisotopic (exact) mass is 315 g/mol. The van der Waals surface area contributed by atoms with Crippen molar-refractivity contribution < 1.29 is 17.4 Å². The summed E-state index contributed by atoms with van der Waals surface area (Å²) in [6.45, 7) is 1.83. The molecule has 0 bridgehead atoms. The maximum atomic E-state index is 13.9. The molecule has 1 aromatic carbocycles. The standard InChI is InChI=1S/C13H12F3N3OS/c1-7-5-10(11-8(15)3-2-4-9(11)16)19-12(7)17-13(18-19)21(20)6-14/h2-4,7,10H,5-6H2,1H3/t7-,10-,21+/m0/s1. The van der Waals surface area contributed by atoms with E-state index in [-0.39, 0.29) is 16.6 Å². The van der Waals surface area contributed by atoms with Gasteiger partial charge in [0.25, 0.3) is 0 Å². The summed E-state index contributed by atoms with van der Waals surface area (Å²) >= 11 is 0. The van der Waals surface area contributed by atoms with Crippen LogP contribution in [0.3, 0.4) is 0 Å². The first-order valence-electron chi connectivity index (χ1n) is 6.37. The van der Waals surface area contributed by atoms with Gasteiger partial charge in [0.2, 0.25) is 5.16 Å². The van der Waals surface area contributed by atoms with Crippen LogP contribution in [0.4, 0.5) is 13.2 Å². The third-order valence-electron chi connectivity index (χ3n) is 3.59. The van der Waals surface area contributed by atoms with Gasteiger partial charge in [-0.25, -0.2) is 27.0 Å². The minimum absolute atomic E-state index is 0.0921.